The number of esters is 1. The first-order valence-electron chi connectivity index (χ1n) is 7.46. The summed E-state index contributed by atoms with van der Waals surface area (Å²) in [5.74, 6) is -0.867. The first kappa shape index (κ1) is 21.3. The van der Waals surface area contributed by atoms with E-state index < -0.39 is 30.8 Å². The Balaban J connectivity index is 4.48. The van der Waals surface area contributed by atoms with Crippen molar-refractivity contribution in [1.29, 1.82) is 0 Å². The van der Waals surface area contributed by atoms with Gasteiger partial charge in [-0.1, -0.05) is 36.4 Å². The summed E-state index contributed by atoms with van der Waals surface area (Å²) in [6.07, 6.45) is -2.33. The summed E-state index contributed by atoms with van der Waals surface area (Å²) in [7, 11) is 0. The molecular weight excluding hydrogens is 411 g/mol. The Bertz CT molecular complexity index is 334. The van der Waals surface area contributed by atoms with Crippen molar-refractivity contribution in [2.45, 2.75) is 71.1 Å². The van der Waals surface area contributed by atoms with E-state index in [0.717, 1.165) is 4.43 Å². The quantitative estimate of drug-likeness (QED) is 0.303. The number of halogens is 3. The molecule has 0 rings (SSSR count). The fraction of sp³-hybridized carbons (Fsp3) is 0.857. The Labute approximate surface area is 143 Å². The van der Waals surface area contributed by atoms with E-state index >= 15 is 0 Å². The van der Waals surface area contributed by atoms with Crippen molar-refractivity contribution in [2.75, 3.05) is 4.43 Å². The van der Waals surface area contributed by atoms with Gasteiger partial charge in [0.25, 0.3) is 0 Å². The Morgan fingerprint density at radius 1 is 1.05 bits per heavy atom. The van der Waals surface area contributed by atoms with Gasteiger partial charge in [0.15, 0.2) is 0 Å². The summed E-state index contributed by atoms with van der Waals surface area (Å²) in [5, 5.41) is 2.24. The van der Waals surface area contributed by atoms with Crippen molar-refractivity contribution < 1.29 is 27.8 Å². The van der Waals surface area contributed by atoms with Crippen molar-refractivity contribution in [3.05, 3.63) is 0 Å². The molecule has 22 heavy (non-hydrogen) atoms. The third-order valence-corrected chi connectivity index (χ3v) is 3.48. The van der Waals surface area contributed by atoms with E-state index in [9.17, 15) is 18.4 Å². The average Bonchev–Trinajstić information content (AvgIpc) is 2.43. The van der Waals surface area contributed by atoms with Crippen molar-refractivity contribution in [3.8, 4) is 0 Å². The summed E-state index contributed by atoms with van der Waals surface area (Å²) < 4.78 is 36.4. The van der Waals surface area contributed by atoms with Crippen LogP contribution in [0.5, 0.6) is 0 Å². The number of alkyl carbamates (subject to hydrolysis) is 1. The van der Waals surface area contributed by atoms with E-state index in [1.165, 1.54) is 0 Å². The maximum Gasteiger partial charge on any atom is 0.410 e. The van der Waals surface area contributed by atoms with Crippen LogP contribution in [0.15, 0.2) is 0 Å². The SMILES string of the molecule is CCCC(F)OC(=O)N[C@H](CCCI)C(=O)OC(F)CCC. The van der Waals surface area contributed by atoms with Gasteiger partial charge in [0.05, 0.1) is 0 Å². The van der Waals surface area contributed by atoms with Crippen LogP contribution in [-0.4, -0.2) is 35.2 Å². The minimum Gasteiger partial charge on any atom is -0.430 e. The molecule has 0 saturated carbocycles. The molecule has 0 radical (unpaired) electrons. The van der Waals surface area contributed by atoms with Crippen LogP contribution in [0, 0.1) is 0 Å². The van der Waals surface area contributed by atoms with Crippen LogP contribution in [0.1, 0.15) is 52.4 Å². The van der Waals surface area contributed by atoms with E-state index in [1.54, 1.807) is 13.8 Å². The summed E-state index contributed by atoms with van der Waals surface area (Å²) in [5.41, 5.74) is 0. The van der Waals surface area contributed by atoms with Crippen LogP contribution in [-0.2, 0) is 14.3 Å². The number of carbonyl (C=O) groups excluding carboxylic acids is 2. The third-order valence-electron chi connectivity index (χ3n) is 2.71. The molecule has 1 N–H and O–H groups in total. The standard InChI is InChI=1S/C14H24F2INO4/c1-3-6-11(15)21-13(19)10(8-5-9-17)18-14(20)22-12(16)7-4-2/h10-12H,3-9H2,1-2H3,(H,18,20)/t10-,11?,12?/m1/s1. The van der Waals surface area contributed by atoms with Gasteiger partial charge in [0.1, 0.15) is 6.04 Å². The van der Waals surface area contributed by atoms with Crippen molar-refractivity contribution in [2.24, 2.45) is 0 Å². The second-order valence-electron chi connectivity index (χ2n) is 4.77. The molecule has 0 aromatic carbocycles. The molecule has 0 aromatic rings. The molecule has 130 valence electrons. The summed E-state index contributed by atoms with van der Waals surface area (Å²) in [6, 6.07) is -1.04. The van der Waals surface area contributed by atoms with Crippen LogP contribution in [0.2, 0.25) is 0 Å². The lowest BCUT2D eigenvalue weighted by molar-refractivity contribution is -0.161. The molecule has 0 fully saturated rings. The predicted octanol–water partition coefficient (Wildman–Crippen LogP) is 4.03. The number of carbonyl (C=O) groups is 2. The highest BCUT2D eigenvalue weighted by Gasteiger charge is 2.26. The molecule has 0 heterocycles. The first-order chi connectivity index (χ1) is 10.4. The third kappa shape index (κ3) is 10.1. The van der Waals surface area contributed by atoms with E-state index in [0.29, 0.717) is 19.3 Å². The van der Waals surface area contributed by atoms with Gasteiger partial charge in [-0.15, -0.1) is 0 Å². The minimum absolute atomic E-state index is 0.0827. The Morgan fingerprint density at radius 2 is 1.59 bits per heavy atom. The number of rotatable bonds is 11. The van der Waals surface area contributed by atoms with E-state index in [1.807, 2.05) is 0 Å². The van der Waals surface area contributed by atoms with Crippen molar-refractivity contribution in [1.82, 2.24) is 5.32 Å². The van der Waals surface area contributed by atoms with Gasteiger partial charge in [-0.3, -0.25) is 0 Å². The van der Waals surface area contributed by atoms with E-state index in [2.05, 4.69) is 37.4 Å². The van der Waals surface area contributed by atoms with E-state index in [4.69, 9.17) is 0 Å². The predicted molar refractivity (Wildman–Crippen MR) is 87.2 cm³/mol. The summed E-state index contributed by atoms with van der Waals surface area (Å²) >= 11 is 2.12. The van der Waals surface area contributed by atoms with Crippen LogP contribution in [0.3, 0.4) is 0 Å². The molecule has 1 amide bonds. The molecule has 8 heteroatoms. The lowest BCUT2D eigenvalue weighted by Gasteiger charge is -2.19. The Morgan fingerprint density at radius 3 is 2.09 bits per heavy atom. The lowest BCUT2D eigenvalue weighted by Crippen LogP contribution is -2.43. The maximum absolute atomic E-state index is 13.3. The molecule has 0 aromatic heterocycles. The van der Waals surface area contributed by atoms with Gasteiger partial charge in [-0.05, 0) is 30.1 Å². The average molecular weight is 435 g/mol. The van der Waals surface area contributed by atoms with E-state index in [-0.39, 0.29) is 19.3 Å². The van der Waals surface area contributed by atoms with Crippen molar-refractivity contribution >= 4 is 34.7 Å². The fourth-order valence-electron chi connectivity index (χ4n) is 1.60. The van der Waals surface area contributed by atoms with Crippen LogP contribution < -0.4 is 5.32 Å². The van der Waals surface area contributed by atoms with Gasteiger partial charge in [0, 0.05) is 12.8 Å². The number of nitrogens with one attached hydrogen (secondary N) is 1. The summed E-state index contributed by atoms with van der Waals surface area (Å²) in [6.45, 7) is 3.52. The first-order valence-corrected chi connectivity index (χ1v) is 8.98. The highest BCUT2D eigenvalue weighted by atomic mass is 127. The second-order valence-corrected chi connectivity index (χ2v) is 5.85. The molecule has 0 aliphatic heterocycles. The zero-order valence-corrected chi connectivity index (χ0v) is 15.1. The van der Waals surface area contributed by atoms with Crippen LogP contribution in [0.25, 0.3) is 0 Å². The molecule has 0 spiro atoms. The molecular formula is C14H24F2INO4. The van der Waals surface area contributed by atoms with Gasteiger partial charge >= 0.3 is 12.1 Å². The topological polar surface area (TPSA) is 64.6 Å². The minimum atomic E-state index is -1.72. The Hall–Kier alpha value is -0.670. The second kappa shape index (κ2) is 12.8. The Kier molecular flexibility index (Phi) is 12.4. The zero-order chi connectivity index (χ0) is 17.0. The number of hydrogen-bond acceptors (Lipinski definition) is 4. The zero-order valence-electron chi connectivity index (χ0n) is 12.9. The van der Waals surface area contributed by atoms with Gasteiger partial charge < -0.3 is 14.8 Å². The monoisotopic (exact) mass is 435 g/mol. The highest BCUT2D eigenvalue weighted by Crippen LogP contribution is 2.10. The molecule has 2 unspecified atom stereocenters. The number of alkyl halides is 3. The number of hydrogen-bond donors (Lipinski definition) is 1. The molecule has 0 aliphatic carbocycles. The van der Waals surface area contributed by atoms with Gasteiger partial charge in [-0.25, -0.2) is 18.4 Å². The molecule has 5 nitrogen and oxygen atoms in total. The largest absolute Gasteiger partial charge is 0.430 e. The molecule has 0 bridgehead atoms. The molecule has 0 aliphatic rings. The highest BCUT2D eigenvalue weighted by molar-refractivity contribution is 14.1. The van der Waals surface area contributed by atoms with Gasteiger partial charge in [0.2, 0.25) is 12.7 Å². The smallest absolute Gasteiger partial charge is 0.410 e. The van der Waals surface area contributed by atoms with Crippen LogP contribution in [0.4, 0.5) is 13.6 Å². The maximum atomic E-state index is 13.3. The fourth-order valence-corrected chi connectivity index (χ4v) is 2.04. The van der Waals surface area contributed by atoms with Gasteiger partial charge in [-0.2, -0.15) is 0 Å². The number of ether oxygens (including phenoxy) is 2. The normalized spacial score (nSPS) is 14.8. The molecule has 3 atom stereocenters. The lowest BCUT2D eigenvalue weighted by atomic mass is 10.2. The molecule has 0 saturated heterocycles. The van der Waals surface area contributed by atoms with Crippen molar-refractivity contribution in [3.63, 3.8) is 0 Å². The number of amides is 1. The van der Waals surface area contributed by atoms with Crippen LogP contribution >= 0.6 is 22.6 Å². The summed E-state index contributed by atoms with van der Waals surface area (Å²) in [4.78, 5) is 23.4.